The van der Waals surface area contributed by atoms with Gasteiger partial charge in [-0.15, -0.1) is 0 Å². The Morgan fingerprint density at radius 1 is 1.06 bits per heavy atom. The predicted molar refractivity (Wildman–Crippen MR) is 72.7 cm³/mol. The highest BCUT2D eigenvalue weighted by atomic mass is 79.9. The minimum Gasteiger partial charge on any atom is -0.399 e. The number of fused-ring (bicyclic) bond motifs is 1. The number of hydrogen-bond donors (Lipinski definition) is 1. The molecule has 2 aromatic heterocycles. The lowest BCUT2D eigenvalue weighted by Crippen LogP contribution is -1.89. The van der Waals surface area contributed by atoms with Crippen LogP contribution in [0.5, 0.6) is 0 Å². The summed E-state index contributed by atoms with van der Waals surface area (Å²) >= 11 is 3.47. The molecule has 17 heavy (non-hydrogen) atoms. The molecule has 0 fully saturated rings. The Bertz CT molecular complexity index is 671. The monoisotopic (exact) mass is 287 g/mol. The van der Waals surface area contributed by atoms with E-state index < -0.39 is 0 Å². The molecule has 0 aliphatic carbocycles. The molecule has 84 valence electrons. The third kappa shape index (κ3) is 1.70. The van der Waals surface area contributed by atoms with Gasteiger partial charge in [-0.05, 0) is 52.3 Å². The molecule has 0 radical (unpaired) electrons. The summed E-state index contributed by atoms with van der Waals surface area (Å²) < 4.78 is 2.90. The molecule has 0 aliphatic rings. The summed E-state index contributed by atoms with van der Waals surface area (Å²) in [6.07, 6.45) is 2.00. The van der Waals surface area contributed by atoms with Crippen molar-refractivity contribution in [3.05, 3.63) is 53.3 Å². The van der Waals surface area contributed by atoms with Crippen LogP contribution in [0.2, 0.25) is 0 Å². The fourth-order valence-corrected chi connectivity index (χ4v) is 2.33. The first-order valence-corrected chi connectivity index (χ1v) is 6.03. The molecule has 0 atom stereocenters. The molecule has 0 bridgehead atoms. The second-order valence-electron chi connectivity index (χ2n) is 3.80. The first-order chi connectivity index (χ1) is 8.25. The minimum atomic E-state index is 0.758. The van der Waals surface area contributed by atoms with E-state index in [9.17, 15) is 0 Å². The second-order valence-corrected chi connectivity index (χ2v) is 4.56. The van der Waals surface area contributed by atoms with Crippen LogP contribution < -0.4 is 5.73 Å². The second kappa shape index (κ2) is 3.89. The molecule has 2 N–H and O–H groups in total. The molecule has 0 amide bonds. The normalized spacial score (nSPS) is 10.9. The summed E-state index contributed by atoms with van der Waals surface area (Å²) in [6, 6.07) is 13.7. The van der Waals surface area contributed by atoms with Crippen molar-refractivity contribution < 1.29 is 0 Å². The van der Waals surface area contributed by atoms with E-state index in [4.69, 9.17) is 5.73 Å². The summed E-state index contributed by atoms with van der Waals surface area (Å²) in [5, 5.41) is 0. The van der Waals surface area contributed by atoms with Gasteiger partial charge in [0.15, 0.2) is 0 Å². The lowest BCUT2D eigenvalue weighted by molar-refractivity contribution is 1.16. The highest BCUT2D eigenvalue weighted by Gasteiger charge is 2.09. The van der Waals surface area contributed by atoms with E-state index in [1.54, 1.807) is 0 Å². The van der Waals surface area contributed by atoms with Gasteiger partial charge in [-0.1, -0.05) is 6.07 Å². The quantitative estimate of drug-likeness (QED) is 0.698. The number of nitrogens with two attached hydrogens (primary N) is 1. The predicted octanol–water partition coefficient (Wildman–Crippen LogP) is 3.35. The van der Waals surface area contributed by atoms with Crippen LogP contribution in [0.4, 0.5) is 5.69 Å². The third-order valence-electron chi connectivity index (χ3n) is 2.67. The van der Waals surface area contributed by atoms with Crippen LogP contribution in [0, 0.1) is 0 Å². The van der Waals surface area contributed by atoms with Gasteiger partial charge in [-0.25, -0.2) is 4.98 Å². The molecule has 0 spiro atoms. The molecule has 0 unspecified atom stereocenters. The van der Waals surface area contributed by atoms with Crippen LogP contribution >= 0.6 is 15.9 Å². The first kappa shape index (κ1) is 10.4. The van der Waals surface area contributed by atoms with Crippen LogP contribution in [0.1, 0.15) is 0 Å². The zero-order valence-corrected chi connectivity index (χ0v) is 10.6. The number of hydrogen-bond acceptors (Lipinski definition) is 2. The molecule has 4 heteroatoms. The van der Waals surface area contributed by atoms with Gasteiger partial charge in [-0.2, -0.15) is 0 Å². The number of nitrogens with zero attached hydrogens (tertiary/aromatic N) is 2. The summed E-state index contributed by atoms with van der Waals surface area (Å²) in [4.78, 5) is 4.53. The van der Waals surface area contributed by atoms with Gasteiger partial charge in [0.1, 0.15) is 10.4 Å². The number of nitrogen functional groups attached to an aromatic ring is 1. The molecule has 3 rings (SSSR count). The summed E-state index contributed by atoms with van der Waals surface area (Å²) in [6.45, 7) is 0. The first-order valence-electron chi connectivity index (χ1n) is 5.24. The van der Waals surface area contributed by atoms with Crippen molar-refractivity contribution in [2.75, 3.05) is 5.73 Å². The Morgan fingerprint density at radius 3 is 2.59 bits per heavy atom. The Kier molecular flexibility index (Phi) is 2.37. The molecule has 3 aromatic rings. The maximum absolute atomic E-state index is 5.69. The topological polar surface area (TPSA) is 43.3 Å². The zero-order valence-electron chi connectivity index (χ0n) is 8.97. The van der Waals surface area contributed by atoms with E-state index in [1.165, 1.54) is 0 Å². The molecule has 0 aliphatic heterocycles. The number of aromatic nitrogens is 2. The number of pyridine rings is 1. The van der Waals surface area contributed by atoms with Crippen LogP contribution in [-0.2, 0) is 0 Å². The molecule has 2 heterocycles. The number of imidazole rings is 1. The van der Waals surface area contributed by atoms with Crippen molar-refractivity contribution >= 4 is 27.1 Å². The lowest BCUT2D eigenvalue weighted by atomic mass is 10.2. The average Bonchev–Trinajstić information content (AvgIpc) is 2.69. The minimum absolute atomic E-state index is 0.758. The van der Waals surface area contributed by atoms with Crippen LogP contribution in [-0.4, -0.2) is 9.38 Å². The van der Waals surface area contributed by atoms with E-state index in [0.717, 1.165) is 27.2 Å². The number of rotatable bonds is 1. The molecule has 0 saturated carbocycles. The number of benzene rings is 1. The van der Waals surface area contributed by atoms with Crippen molar-refractivity contribution in [3.63, 3.8) is 0 Å². The standard InChI is InChI=1S/C13H10BrN3/c14-12-11-3-1-2-8-17(11)13(16-12)9-4-6-10(15)7-5-9/h1-8H,15H2. The van der Waals surface area contributed by atoms with Gasteiger partial charge in [-0.3, -0.25) is 4.40 Å². The van der Waals surface area contributed by atoms with Crippen molar-refractivity contribution in [2.24, 2.45) is 0 Å². The number of anilines is 1. The van der Waals surface area contributed by atoms with Gasteiger partial charge >= 0.3 is 0 Å². The van der Waals surface area contributed by atoms with E-state index >= 15 is 0 Å². The van der Waals surface area contributed by atoms with E-state index in [2.05, 4.69) is 25.3 Å². The summed E-state index contributed by atoms with van der Waals surface area (Å²) in [5.74, 6) is 0.910. The summed E-state index contributed by atoms with van der Waals surface area (Å²) in [5.41, 5.74) is 8.55. The third-order valence-corrected chi connectivity index (χ3v) is 3.26. The Balaban J connectivity index is 2.27. The Morgan fingerprint density at radius 2 is 1.82 bits per heavy atom. The average molecular weight is 288 g/mol. The maximum atomic E-state index is 5.69. The van der Waals surface area contributed by atoms with Gasteiger partial charge < -0.3 is 5.73 Å². The van der Waals surface area contributed by atoms with Crippen LogP contribution in [0.15, 0.2) is 53.3 Å². The fourth-order valence-electron chi connectivity index (χ4n) is 1.84. The van der Waals surface area contributed by atoms with Crippen molar-refractivity contribution in [3.8, 4) is 11.4 Å². The van der Waals surface area contributed by atoms with Gasteiger partial charge in [0, 0.05) is 17.4 Å². The highest BCUT2D eigenvalue weighted by molar-refractivity contribution is 9.10. The Hall–Kier alpha value is -1.81. The van der Waals surface area contributed by atoms with Crippen LogP contribution in [0.3, 0.4) is 0 Å². The Labute approximate surface area is 107 Å². The highest BCUT2D eigenvalue weighted by Crippen LogP contribution is 2.26. The smallest absolute Gasteiger partial charge is 0.145 e. The van der Waals surface area contributed by atoms with Gasteiger partial charge in [0.2, 0.25) is 0 Å². The van der Waals surface area contributed by atoms with E-state index in [-0.39, 0.29) is 0 Å². The molecule has 3 nitrogen and oxygen atoms in total. The van der Waals surface area contributed by atoms with Crippen LogP contribution in [0.25, 0.3) is 16.9 Å². The molecular formula is C13H10BrN3. The molecular weight excluding hydrogens is 278 g/mol. The van der Waals surface area contributed by atoms with E-state index in [0.29, 0.717) is 0 Å². The van der Waals surface area contributed by atoms with Gasteiger partial charge in [0.05, 0.1) is 5.52 Å². The zero-order chi connectivity index (χ0) is 11.8. The van der Waals surface area contributed by atoms with Gasteiger partial charge in [0.25, 0.3) is 0 Å². The SMILES string of the molecule is Nc1ccc(-c2nc(Br)c3ccccn23)cc1. The van der Waals surface area contributed by atoms with E-state index in [1.807, 2.05) is 48.7 Å². The fraction of sp³-hybridized carbons (Fsp3) is 0. The maximum Gasteiger partial charge on any atom is 0.145 e. The lowest BCUT2D eigenvalue weighted by Gasteiger charge is -2.01. The van der Waals surface area contributed by atoms with Crippen molar-refractivity contribution in [1.29, 1.82) is 0 Å². The van der Waals surface area contributed by atoms with Crippen molar-refractivity contribution in [2.45, 2.75) is 0 Å². The molecule has 0 saturated heterocycles. The van der Waals surface area contributed by atoms with Crippen molar-refractivity contribution in [1.82, 2.24) is 9.38 Å². The largest absolute Gasteiger partial charge is 0.399 e. The summed E-state index contributed by atoms with van der Waals surface area (Å²) in [7, 11) is 0. The number of halogens is 1. The molecule has 1 aromatic carbocycles.